The van der Waals surface area contributed by atoms with Gasteiger partial charge in [0.15, 0.2) is 0 Å². The predicted octanol–water partition coefficient (Wildman–Crippen LogP) is 3.36. The highest BCUT2D eigenvalue weighted by molar-refractivity contribution is 5.91. The summed E-state index contributed by atoms with van der Waals surface area (Å²) in [4.78, 5) is 10.5. The summed E-state index contributed by atoms with van der Waals surface area (Å²) in [5.41, 5.74) is 2.41. The lowest BCUT2D eigenvalue weighted by molar-refractivity contribution is -0.383. The van der Waals surface area contributed by atoms with E-state index in [0.717, 1.165) is 16.5 Å². The van der Waals surface area contributed by atoms with E-state index in [1.165, 1.54) is 6.07 Å². The lowest BCUT2D eigenvalue weighted by Gasteiger charge is -2.04. The van der Waals surface area contributed by atoms with E-state index in [2.05, 4.69) is 0 Å². The number of nitro groups is 1. The molecule has 0 saturated heterocycles. The molecule has 0 bridgehead atoms. The van der Waals surface area contributed by atoms with Crippen molar-refractivity contribution in [2.24, 2.45) is 0 Å². The third-order valence-corrected chi connectivity index (χ3v) is 2.67. The number of rotatable bonds is 1. The summed E-state index contributed by atoms with van der Waals surface area (Å²) in [6, 6.07) is 9.02. The van der Waals surface area contributed by atoms with Crippen molar-refractivity contribution in [3.05, 3.63) is 51.6 Å². The van der Waals surface area contributed by atoms with Crippen LogP contribution in [0.5, 0.6) is 0 Å². The van der Waals surface area contributed by atoms with Gasteiger partial charge in [-0.3, -0.25) is 10.1 Å². The third-order valence-electron chi connectivity index (χ3n) is 2.67. The smallest absolute Gasteiger partial charge is 0.258 e. The molecular weight excluding hydrogens is 190 g/mol. The van der Waals surface area contributed by atoms with Crippen LogP contribution in [-0.2, 0) is 0 Å². The SMILES string of the molecule is Cc1cc2cccc([N+](=O)[O-])c2cc1C. The van der Waals surface area contributed by atoms with Gasteiger partial charge in [-0.05, 0) is 36.4 Å². The summed E-state index contributed by atoms with van der Waals surface area (Å²) in [5, 5.41) is 12.5. The number of fused-ring (bicyclic) bond motifs is 1. The first-order valence-electron chi connectivity index (χ1n) is 4.74. The highest BCUT2D eigenvalue weighted by Crippen LogP contribution is 2.27. The molecule has 0 aromatic heterocycles. The molecule has 15 heavy (non-hydrogen) atoms. The van der Waals surface area contributed by atoms with Crippen molar-refractivity contribution in [3.8, 4) is 0 Å². The molecule has 0 aliphatic rings. The van der Waals surface area contributed by atoms with Gasteiger partial charge in [0.1, 0.15) is 0 Å². The molecule has 2 aromatic carbocycles. The fourth-order valence-corrected chi connectivity index (χ4v) is 1.69. The van der Waals surface area contributed by atoms with Gasteiger partial charge in [0.2, 0.25) is 0 Å². The van der Waals surface area contributed by atoms with E-state index in [-0.39, 0.29) is 10.6 Å². The van der Waals surface area contributed by atoms with Crippen LogP contribution in [0.2, 0.25) is 0 Å². The topological polar surface area (TPSA) is 43.1 Å². The van der Waals surface area contributed by atoms with Gasteiger partial charge in [0.25, 0.3) is 5.69 Å². The highest BCUT2D eigenvalue weighted by atomic mass is 16.6. The van der Waals surface area contributed by atoms with Gasteiger partial charge in [-0.1, -0.05) is 18.2 Å². The highest BCUT2D eigenvalue weighted by Gasteiger charge is 2.11. The zero-order valence-corrected chi connectivity index (χ0v) is 8.65. The van der Waals surface area contributed by atoms with Gasteiger partial charge >= 0.3 is 0 Å². The Balaban J connectivity index is 2.86. The van der Waals surface area contributed by atoms with Crippen molar-refractivity contribution in [2.75, 3.05) is 0 Å². The Kier molecular flexibility index (Phi) is 2.15. The molecule has 0 N–H and O–H groups in total. The second kappa shape index (κ2) is 3.35. The van der Waals surface area contributed by atoms with Crippen LogP contribution in [0.3, 0.4) is 0 Å². The zero-order valence-electron chi connectivity index (χ0n) is 8.65. The molecule has 2 aromatic rings. The van der Waals surface area contributed by atoms with Crippen molar-refractivity contribution < 1.29 is 4.92 Å². The number of hydrogen-bond acceptors (Lipinski definition) is 2. The normalized spacial score (nSPS) is 10.5. The van der Waals surface area contributed by atoms with E-state index in [0.29, 0.717) is 5.39 Å². The van der Waals surface area contributed by atoms with Crippen molar-refractivity contribution in [2.45, 2.75) is 13.8 Å². The van der Waals surface area contributed by atoms with Crippen LogP contribution in [0.25, 0.3) is 10.8 Å². The fraction of sp³-hybridized carbons (Fsp3) is 0.167. The summed E-state index contributed by atoms with van der Waals surface area (Å²) in [5.74, 6) is 0. The molecule has 0 atom stereocenters. The summed E-state index contributed by atoms with van der Waals surface area (Å²) >= 11 is 0. The maximum atomic E-state index is 10.8. The second-order valence-corrected chi connectivity index (χ2v) is 3.69. The van der Waals surface area contributed by atoms with Gasteiger partial charge in [-0.2, -0.15) is 0 Å². The largest absolute Gasteiger partial charge is 0.277 e. The van der Waals surface area contributed by atoms with E-state index in [9.17, 15) is 10.1 Å². The van der Waals surface area contributed by atoms with E-state index >= 15 is 0 Å². The first kappa shape index (κ1) is 9.65. The Morgan fingerprint density at radius 2 is 1.80 bits per heavy atom. The molecule has 0 fully saturated rings. The Morgan fingerprint density at radius 3 is 2.47 bits per heavy atom. The van der Waals surface area contributed by atoms with Crippen molar-refractivity contribution >= 4 is 16.5 Å². The van der Waals surface area contributed by atoms with Crippen LogP contribution >= 0.6 is 0 Å². The maximum Gasteiger partial charge on any atom is 0.277 e. The molecule has 0 amide bonds. The second-order valence-electron chi connectivity index (χ2n) is 3.69. The average molecular weight is 201 g/mol. The van der Waals surface area contributed by atoms with E-state index in [1.54, 1.807) is 6.07 Å². The molecule has 3 nitrogen and oxygen atoms in total. The van der Waals surface area contributed by atoms with Gasteiger partial charge in [-0.15, -0.1) is 0 Å². The van der Waals surface area contributed by atoms with Gasteiger partial charge in [0, 0.05) is 6.07 Å². The van der Waals surface area contributed by atoms with Gasteiger partial charge < -0.3 is 0 Å². The average Bonchev–Trinajstić information content (AvgIpc) is 2.18. The molecule has 0 unspecified atom stereocenters. The molecule has 0 heterocycles. The molecule has 0 radical (unpaired) electrons. The lowest BCUT2D eigenvalue weighted by atomic mass is 10.0. The number of benzene rings is 2. The van der Waals surface area contributed by atoms with Crippen LogP contribution in [-0.4, -0.2) is 4.92 Å². The van der Waals surface area contributed by atoms with Crippen molar-refractivity contribution in [1.29, 1.82) is 0 Å². The third kappa shape index (κ3) is 1.56. The predicted molar refractivity (Wildman–Crippen MR) is 60.1 cm³/mol. The molecule has 76 valence electrons. The summed E-state index contributed by atoms with van der Waals surface area (Å²) in [6.07, 6.45) is 0. The Labute approximate surface area is 87.5 Å². The molecule has 0 aliphatic carbocycles. The van der Waals surface area contributed by atoms with Gasteiger partial charge in [0.05, 0.1) is 10.3 Å². The summed E-state index contributed by atoms with van der Waals surface area (Å²) in [6.45, 7) is 3.97. The van der Waals surface area contributed by atoms with Gasteiger partial charge in [-0.25, -0.2) is 0 Å². The van der Waals surface area contributed by atoms with Crippen LogP contribution in [0.1, 0.15) is 11.1 Å². The number of hydrogen-bond donors (Lipinski definition) is 0. The van der Waals surface area contributed by atoms with E-state index in [4.69, 9.17) is 0 Å². The molecule has 3 heteroatoms. The lowest BCUT2D eigenvalue weighted by Crippen LogP contribution is -1.90. The first-order chi connectivity index (χ1) is 7.09. The van der Waals surface area contributed by atoms with Crippen molar-refractivity contribution in [3.63, 3.8) is 0 Å². The van der Waals surface area contributed by atoms with Crippen LogP contribution < -0.4 is 0 Å². The maximum absolute atomic E-state index is 10.8. The number of aryl methyl sites for hydroxylation is 2. The van der Waals surface area contributed by atoms with Crippen molar-refractivity contribution in [1.82, 2.24) is 0 Å². The Bertz CT molecular complexity index is 547. The van der Waals surface area contributed by atoms with Crippen LogP contribution in [0, 0.1) is 24.0 Å². The summed E-state index contributed by atoms with van der Waals surface area (Å²) in [7, 11) is 0. The van der Waals surface area contributed by atoms with Crippen LogP contribution in [0.4, 0.5) is 5.69 Å². The minimum absolute atomic E-state index is 0.176. The quantitative estimate of drug-likeness (QED) is 0.524. The number of nitrogens with zero attached hydrogens (tertiary/aromatic N) is 1. The standard InChI is InChI=1S/C12H11NO2/c1-8-6-10-4-3-5-12(13(14)15)11(10)7-9(8)2/h3-7H,1-2H3. The van der Waals surface area contributed by atoms with Crippen LogP contribution in [0.15, 0.2) is 30.3 Å². The monoisotopic (exact) mass is 201 g/mol. The fourth-order valence-electron chi connectivity index (χ4n) is 1.69. The zero-order chi connectivity index (χ0) is 11.0. The number of non-ortho nitro benzene ring substituents is 1. The molecule has 0 saturated carbocycles. The molecule has 0 aliphatic heterocycles. The number of nitro benzene ring substituents is 1. The Hall–Kier alpha value is -1.90. The molecule has 2 rings (SSSR count). The van der Waals surface area contributed by atoms with E-state index in [1.807, 2.05) is 32.0 Å². The summed E-state index contributed by atoms with van der Waals surface area (Å²) < 4.78 is 0. The molecular formula is C12H11NO2. The van der Waals surface area contributed by atoms with E-state index < -0.39 is 0 Å². The molecule has 0 spiro atoms. The minimum Gasteiger partial charge on any atom is -0.258 e. The Morgan fingerprint density at radius 1 is 1.13 bits per heavy atom. The minimum atomic E-state index is -0.336. The first-order valence-corrected chi connectivity index (χ1v) is 4.74.